The molecule has 136 valence electrons. The third-order valence-electron chi connectivity index (χ3n) is 4.08. The molecule has 0 saturated carbocycles. The van der Waals surface area contributed by atoms with Gasteiger partial charge in [-0.25, -0.2) is 8.42 Å². The van der Waals surface area contributed by atoms with Gasteiger partial charge in [0.2, 0.25) is 15.9 Å². The van der Waals surface area contributed by atoms with Crippen molar-refractivity contribution in [2.75, 3.05) is 13.1 Å². The van der Waals surface area contributed by atoms with Crippen LogP contribution in [0, 0.1) is 27.7 Å². The molecular weight excluding hydrogens is 324 g/mol. The second kappa shape index (κ2) is 7.23. The van der Waals surface area contributed by atoms with Crippen LogP contribution in [0.1, 0.15) is 49.9 Å². The van der Waals surface area contributed by atoms with Crippen LogP contribution in [0.3, 0.4) is 0 Å². The lowest BCUT2D eigenvalue weighted by atomic mass is 10.0. The molecule has 6 heteroatoms. The minimum Gasteiger partial charge on any atom is -0.350 e. The molecule has 0 fully saturated rings. The zero-order valence-electron chi connectivity index (χ0n) is 16.1. The van der Waals surface area contributed by atoms with Crippen molar-refractivity contribution in [1.82, 2.24) is 9.62 Å². The van der Waals surface area contributed by atoms with Gasteiger partial charge in [0.15, 0.2) is 0 Å². The SMILES string of the molecule is CCN(CC(=O)NC(C)(C)C)S(=O)(=O)c1c(C)c(C)cc(C)c1C. The standard InChI is InChI=1S/C18H30N2O3S/c1-9-20(11-16(21)19-18(6,7)8)24(22,23)17-14(4)12(2)10-13(3)15(17)5/h10H,9,11H2,1-8H3,(H,19,21). The number of benzene rings is 1. The summed E-state index contributed by atoms with van der Waals surface area (Å²) in [6.45, 7) is 14.9. The lowest BCUT2D eigenvalue weighted by Crippen LogP contribution is -2.47. The molecule has 0 unspecified atom stereocenters. The number of sulfonamides is 1. The maximum absolute atomic E-state index is 13.2. The van der Waals surface area contributed by atoms with Crippen LogP contribution in [-0.2, 0) is 14.8 Å². The van der Waals surface area contributed by atoms with E-state index in [1.807, 2.05) is 54.5 Å². The normalized spacial score (nSPS) is 12.5. The summed E-state index contributed by atoms with van der Waals surface area (Å²) in [6.07, 6.45) is 0. The molecule has 0 heterocycles. The highest BCUT2D eigenvalue weighted by Gasteiger charge is 2.30. The van der Waals surface area contributed by atoms with Gasteiger partial charge in [-0.2, -0.15) is 4.31 Å². The highest BCUT2D eigenvalue weighted by atomic mass is 32.2. The van der Waals surface area contributed by atoms with Crippen molar-refractivity contribution in [3.05, 3.63) is 28.3 Å². The molecule has 0 aliphatic rings. The summed E-state index contributed by atoms with van der Waals surface area (Å²) in [7, 11) is -3.74. The van der Waals surface area contributed by atoms with E-state index in [9.17, 15) is 13.2 Å². The lowest BCUT2D eigenvalue weighted by Gasteiger charge is -2.26. The quantitative estimate of drug-likeness (QED) is 0.884. The minimum atomic E-state index is -3.74. The monoisotopic (exact) mass is 354 g/mol. The molecule has 1 aromatic rings. The van der Waals surface area contributed by atoms with Crippen molar-refractivity contribution in [3.8, 4) is 0 Å². The number of hydrogen-bond acceptors (Lipinski definition) is 3. The summed E-state index contributed by atoms with van der Waals surface area (Å²) in [5.74, 6) is -0.299. The van der Waals surface area contributed by atoms with Crippen molar-refractivity contribution < 1.29 is 13.2 Å². The largest absolute Gasteiger partial charge is 0.350 e. The maximum Gasteiger partial charge on any atom is 0.244 e. The van der Waals surface area contributed by atoms with Gasteiger partial charge in [-0.15, -0.1) is 0 Å². The number of hydrogen-bond donors (Lipinski definition) is 1. The molecular formula is C18H30N2O3S. The molecule has 0 spiro atoms. The van der Waals surface area contributed by atoms with Crippen molar-refractivity contribution in [2.45, 2.75) is 65.8 Å². The van der Waals surface area contributed by atoms with Crippen LogP contribution < -0.4 is 5.32 Å². The molecule has 5 nitrogen and oxygen atoms in total. The van der Waals surface area contributed by atoms with Gasteiger partial charge in [-0.05, 0) is 70.7 Å². The van der Waals surface area contributed by atoms with Gasteiger partial charge in [0, 0.05) is 12.1 Å². The highest BCUT2D eigenvalue weighted by Crippen LogP contribution is 2.28. The zero-order valence-corrected chi connectivity index (χ0v) is 16.9. The van der Waals surface area contributed by atoms with E-state index in [0.29, 0.717) is 4.90 Å². The van der Waals surface area contributed by atoms with E-state index in [-0.39, 0.29) is 19.0 Å². The number of rotatable bonds is 5. The fourth-order valence-corrected chi connectivity index (χ4v) is 4.66. The highest BCUT2D eigenvalue weighted by molar-refractivity contribution is 7.89. The Hall–Kier alpha value is -1.40. The first-order chi connectivity index (χ1) is 10.8. The molecule has 0 aliphatic heterocycles. The Morgan fingerprint density at radius 2 is 1.54 bits per heavy atom. The summed E-state index contributed by atoms with van der Waals surface area (Å²) in [5.41, 5.74) is 2.96. The van der Waals surface area contributed by atoms with Crippen molar-refractivity contribution >= 4 is 15.9 Å². The molecule has 24 heavy (non-hydrogen) atoms. The van der Waals surface area contributed by atoms with E-state index in [4.69, 9.17) is 0 Å². The maximum atomic E-state index is 13.2. The number of amides is 1. The third-order valence-corrected chi connectivity index (χ3v) is 6.28. The van der Waals surface area contributed by atoms with Gasteiger partial charge < -0.3 is 5.32 Å². The van der Waals surface area contributed by atoms with Gasteiger partial charge in [0.25, 0.3) is 0 Å². The number of carbonyl (C=O) groups is 1. The second-order valence-corrected chi connectivity index (χ2v) is 9.19. The molecule has 0 saturated heterocycles. The summed E-state index contributed by atoms with van der Waals surface area (Å²) in [4.78, 5) is 12.5. The van der Waals surface area contributed by atoms with Gasteiger partial charge in [0.05, 0.1) is 11.4 Å². The number of likely N-dealkylation sites (N-methyl/N-ethyl adjacent to an activating group) is 1. The van der Waals surface area contributed by atoms with Crippen LogP contribution >= 0.6 is 0 Å². The molecule has 0 atom stereocenters. The van der Waals surface area contributed by atoms with E-state index in [1.54, 1.807) is 6.92 Å². The average Bonchev–Trinajstić information content (AvgIpc) is 2.40. The number of nitrogens with one attached hydrogen (secondary N) is 1. The second-order valence-electron chi connectivity index (χ2n) is 7.32. The Balaban J connectivity index is 3.30. The van der Waals surface area contributed by atoms with Crippen molar-refractivity contribution in [3.63, 3.8) is 0 Å². The fraction of sp³-hybridized carbons (Fsp3) is 0.611. The predicted molar refractivity (Wildman–Crippen MR) is 97.7 cm³/mol. The van der Waals surface area contributed by atoms with E-state index in [2.05, 4.69) is 5.32 Å². The lowest BCUT2D eigenvalue weighted by molar-refractivity contribution is -0.122. The summed E-state index contributed by atoms with van der Waals surface area (Å²) < 4.78 is 27.6. The topological polar surface area (TPSA) is 66.5 Å². The summed E-state index contributed by atoms with van der Waals surface area (Å²) in [5, 5.41) is 2.81. The average molecular weight is 355 g/mol. The minimum absolute atomic E-state index is 0.179. The molecule has 1 rings (SSSR count). The number of nitrogens with zero attached hydrogens (tertiary/aromatic N) is 1. The summed E-state index contributed by atoms with van der Waals surface area (Å²) in [6, 6.07) is 1.99. The summed E-state index contributed by atoms with van der Waals surface area (Å²) >= 11 is 0. The van der Waals surface area contributed by atoms with Gasteiger partial charge in [0.1, 0.15) is 0 Å². The van der Waals surface area contributed by atoms with Crippen LogP contribution in [0.5, 0.6) is 0 Å². The Morgan fingerprint density at radius 1 is 1.08 bits per heavy atom. The first-order valence-corrected chi connectivity index (χ1v) is 9.63. The first kappa shape index (κ1) is 20.6. The molecule has 0 aromatic heterocycles. The van der Waals surface area contributed by atoms with Crippen molar-refractivity contribution in [2.24, 2.45) is 0 Å². The Bertz CT molecular complexity index is 705. The van der Waals surface area contributed by atoms with E-state index in [1.165, 1.54) is 4.31 Å². The molecule has 0 radical (unpaired) electrons. The molecule has 1 N–H and O–H groups in total. The molecule has 0 aliphatic carbocycles. The van der Waals surface area contributed by atoms with Gasteiger partial charge >= 0.3 is 0 Å². The van der Waals surface area contributed by atoms with E-state index < -0.39 is 15.6 Å². The van der Waals surface area contributed by atoms with Crippen molar-refractivity contribution in [1.29, 1.82) is 0 Å². The predicted octanol–water partition coefficient (Wildman–Crippen LogP) is 2.85. The van der Waals surface area contributed by atoms with E-state index >= 15 is 0 Å². The third kappa shape index (κ3) is 4.57. The Kier molecular flexibility index (Phi) is 6.22. The molecule has 1 amide bonds. The van der Waals surface area contributed by atoms with Gasteiger partial charge in [-0.1, -0.05) is 13.0 Å². The van der Waals surface area contributed by atoms with E-state index in [0.717, 1.165) is 22.3 Å². The number of carbonyl (C=O) groups excluding carboxylic acids is 1. The van der Waals surface area contributed by atoms with Crippen LogP contribution in [0.25, 0.3) is 0 Å². The smallest absolute Gasteiger partial charge is 0.244 e. The zero-order chi connectivity index (χ0) is 18.9. The number of aryl methyl sites for hydroxylation is 2. The fourth-order valence-electron chi connectivity index (χ4n) is 2.68. The molecule has 1 aromatic carbocycles. The van der Waals surface area contributed by atoms with Gasteiger partial charge in [-0.3, -0.25) is 4.79 Å². The van der Waals surface area contributed by atoms with Crippen LogP contribution in [-0.4, -0.2) is 37.3 Å². The van der Waals surface area contributed by atoms with Crippen LogP contribution in [0.4, 0.5) is 0 Å². The van der Waals surface area contributed by atoms with Crippen LogP contribution in [0.2, 0.25) is 0 Å². The Morgan fingerprint density at radius 3 is 1.92 bits per heavy atom. The first-order valence-electron chi connectivity index (χ1n) is 8.19. The van der Waals surface area contributed by atoms with Crippen LogP contribution in [0.15, 0.2) is 11.0 Å². The molecule has 0 bridgehead atoms. The Labute approximate surface area is 146 Å².